The van der Waals surface area contributed by atoms with Crippen LogP contribution in [0.3, 0.4) is 0 Å². The summed E-state index contributed by atoms with van der Waals surface area (Å²) >= 11 is 0. The van der Waals surface area contributed by atoms with Gasteiger partial charge in [0.1, 0.15) is 5.69 Å². The molecule has 0 radical (unpaired) electrons. The van der Waals surface area contributed by atoms with Crippen molar-refractivity contribution in [2.75, 3.05) is 7.11 Å². The van der Waals surface area contributed by atoms with Crippen molar-refractivity contribution < 1.29 is 9.84 Å². The number of aryl methyl sites for hydroxylation is 1. The number of methoxy groups -OCH3 is 1. The van der Waals surface area contributed by atoms with Crippen molar-refractivity contribution in [1.29, 1.82) is 0 Å². The molecule has 1 unspecified atom stereocenters. The van der Waals surface area contributed by atoms with Crippen molar-refractivity contribution in [3.63, 3.8) is 0 Å². The van der Waals surface area contributed by atoms with Crippen LogP contribution in [-0.4, -0.2) is 22.0 Å². The van der Waals surface area contributed by atoms with Gasteiger partial charge in [0.2, 0.25) is 0 Å². The Bertz CT molecular complexity index is 363. The van der Waals surface area contributed by atoms with E-state index in [0.717, 1.165) is 31.5 Å². The van der Waals surface area contributed by atoms with E-state index in [2.05, 4.69) is 18.9 Å². The van der Waals surface area contributed by atoms with Crippen molar-refractivity contribution in [1.82, 2.24) is 9.78 Å². The molecule has 1 rings (SSSR count). The maximum Gasteiger partial charge on any atom is 0.162 e. The van der Waals surface area contributed by atoms with Crippen molar-refractivity contribution in [2.45, 2.75) is 77.9 Å². The van der Waals surface area contributed by atoms with Crippen molar-refractivity contribution >= 4 is 0 Å². The van der Waals surface area contributed by atoms with Crippen molar-refractivity contribution in [3.8, 4) is 5.75 Å². The average molecular weight is 282 g/mol. The van der Waals surface area contributed by atoms with Gasteiger partial charge in [-0.2, -0.15) is 5.10 Å². The van der Waals surface area contributed by atoms with Crippen LogP contribution in [0.15, 0.2) is 6.20 Å². The number of nitrogens with zero attached hydrogens (tertiary/aromatic N) is 2. The fourth-order valence-corrected chi connectivity index (χ4v) is 2.52. The maximum atomic E-state index is 10.4. The van der Waals surface area contributed by atoms with Crippen LogP contribution in [0, 0.1) is 0 Å². The molecule has 0 saturated carbocycles. The Kier molecular flexibility index (Phi) is 8.35. The molecule has 1 N–H and O–H groups in total. The Morgan fingerprint density at radius 3 is 2.50 bits per heavy atom. The summed E-state index contributed by atoms with van der Waals surface area (Å²) in [4.78, 5) is 0. The molecule has 1 heterocycles. The van der Waals surface area contributed by atoms with E-state index in [4.69, 9.17) is 4.74 Å². The number of aromatic nitrogens is 2. The van der Waals surface area contributed by atoms with Gasteiger partial charge < -0.3 is 9.84 Å². The number of unbranched alkanes of at least 4 members (excludes halogenated alkanes) is 5. The minimum atomic E-state index is -0.467. The van der Waals surface area contributed by atoms with Crippen LogP contribution in [0.2, 0.25) is 0 Å². The van der Waals surface area contributed by atoms with E-state index in [1.165, 1.54) is 32.1 Å². The lowest BCUT2D eigenvalue weighted by Gasteiger charge is -2.14. The van der Waals surface area contributed by atoms with E-state index in [0.29, 0.717) is 5.75 Å². The fourth-order valence-electron chi connectivity index (χ4n) is 2.52. The first kappa shape index (κ1) is 17.0. The highest BCUT2D eigenvalue weighted by molar-refractivity contribution is 5.27. The number of rotatable bonds is 11. The third-order valence-electron chi connectivity index (χ3n) is 3.65. The minimum Gasteiger partial charge on any atom is -0.493 e. The van der Waals surface area contributed by atoms with Crippen LogP contribution in [0.25, 0.3) is 0 Å². The zero-order valence-corrected chi connectivity index (χ0v) is 13.3. The molecule has 0 bridgehead atoms. The van der Waals surface area contributed by atoms with E-state index in [9.17, 15) is 5.11 Å². The van der Waals surface area contributed by atoms with Gasteiger partial charge in [0.25, 0.3) is 0 Å². The van der Waals surface area contributed by atoms with Crippen LogP contribution in [-0.2, 0) is 6.54 Å². The lowest BCUT2D eigenvalue weighted by molar-refractivity contribution is 0.148. The summed E-state index contributed by atoms with van der Waals surface area (Å²) in [5.41, 5.74) is 0.836. The minimum absolute atomic E-state index is 0.467. The predicted octanol–water partition coefficient (Wildman–Crippen LogP) is 4.09. The molecule has 4 heteroatoms. The van der Waals surface area contributed by atoms with E-state index in [1.54, 1.807) is 13.3 Å². The second-order valence-electron chi connectivity index (χ2n) is 5.39. The fraction of sp³-hybridized carbons (Fsp3) is 0.812. The van der Waals surface area contributed by atoms with Crippen molar-refractivity contribution in [3.05, 3.63) is 11.9 Å². The van der Waals surface area contributed by atoms with Crippen LogP contribution in [0.5, 0.6) is 5.75 Å². The predicted molar refractivity (Wildman–Crippen MR) is 82.0 cm³/mol. The second kappa shape index (κ2) is 9.81. The van der Waals surface area contributed by atoms with E-state index in [-0.39, 0.29) is 0 Å². The summed E-state index contributed by atoms with van der Waals surface area (Å²) in [5.74, 6) is 0.705. The molecule has 0 aliphatic heterocycles. The Labute approximate surface area is 123 Å². The van der Waals surface area contributed by atoms with Gasteiger partial charge in [-0.15, -0.1) is 0 Å². The maximum absolute atomic E-state index is 10.4. The summed E-state index contributed by atoms with van der Waals surface area (Å²) in [6, 6.07) is 0. The Balaban J connectivity index is 2.45. The van der Waals surface area contributed by atoms with Gasteiger partial charge in [-0.05, 0) is 12.8 Å². The molecule has 0 aliphatic carbocycles. The number of aliphatic hydroxyl groups is 1. The highest BCUT2D eigenvalue weighted by atomic mass is 16.5. The zero-order valence-electron chi connectivity index (χ0n) is 13.3. The summed E-state index contributed by atoms with van der Waals surface area (Å²) in [6.45, 7) is 5.16. The summed E-state index contributed by atoms with van der Waals surface area (Å²) < 4.78 is 7.19. The Morgan fingerprint density at radius 1 is 1.15 bits per heavy atom. The monoisotopic (exact) mass is 282 g/mol. The number of hydrogen-bond donors (Lipinski definition) is 1. The van der Waals surface area contributed by atoms with Gasteiger partial charge in [-0.3, -0.25) is 4.68 Å². The summed E-state index contributed by atoms with van der Waals surface area (Å²) in [5, 5.41) is 14.7. The molecule has 20 heavy (non-hydrogen) atoms. The third kappa shape index (κ3) is 5.16. The van der Waals surface area contributed by atoms with Crippen LogP contribution in [0.1, 0.15) is 77.0 Å². The highest BCUT2D eigenvalue weighted by Crippen LogP contribution is 2.28. The first-order valence-electron chi connectivity index (χ1n) is 8.02. The van der Waals surface area contributed by atoms with Gasteiger partial charge in [0.05, 0.1) is 19.4 Å². The molecule has 0 amide bonds. The normalized spacial score (nSPS) is 12.6. The van der Waals surface area contributed by atoms with Gasteiger partial charge in [0.15, 0.2) is 5.75 Å². The van der Waals surface area contributed by atoms with E-state index >= 15 is 0 Å². The van der Waals surface area contributed by atoms with Crippen LogP contribution in [0.4, 0.5) is 0 Å². The molecule has 1 aromatic rings. The topological polar surface area (TPSA) is 47.3 Å². The molecule has 1 atom stereocenters. The second-order valence-corrected chi connectivity index (χ2v) is 5.39. The van der Waals surface area contributed by atoms with E-state index in [1.807, 2.05) is 4.68 Å². The summed E-state index contributed by atoms with van der Waals surface area (Å²) in [7, 11) is 1.63. The van der Waals surface area contributed by atoms with Gasteiger partial charge >= 0.3 is 0 Å². The first-order chi connectivity index (χ1) is 9.74. The lowest BCUT2D eigenvalue weighted by Crippen LogP contribution is -2.10. The molecule has 0 fully saturated rings. The van der Waals surface area contributed by atoms with Crippen LogP contribution >= 0.6 is 0 Å². The zero-order chi connectivity index (χ0) is 14.8. The molecule has 1 aromatic heterocycles. The first-order valence-corrected chi connectivity index (χ1v) is 8.02. The smallest absolute Gasteiger partial charge is 0.162 e. The lowest BCUT2D eigenvalue weighted by atomic mass is 10.1. The molecule has 0 aliphatic rings. The Morgan fingerprint density at radius 2 is 1.85 bits per heavy atom. The summed E-state index contributed by atoms with van der Waals surface area (Å²) in [6.07, 6.45) is 10.5. The third-order valence-corrected chi connectivity index (χ3v) is 3.65. The number of ether oxygens (including phenoxy) is 1. The quantitative estimate of drug-likeness (QED) is 0.622. The van der Waals surface area contributed by atoms with E-state index < -0.39 is 6.10 Å². The number of hydrogen-bond acceptors (Lipinski definition) is 3. The Hall–Kier alpha value is -1.03. The highest BCUT2D eigenvalue weighted by Gasteiger charge is 2.19. The van der Waals surface area contributed by atoms with Gasteiger partial charge in [0, 0.05) is 6.54 Å². The molecule has 0 aromatic carbocycles. The molecule has 4 nitrogen and oxygen atoms in total. The van der Waals surface area contributed by atoms with Crippen molar-refractivity contribution in [2.24, 2.45) is 0 Å². The SMILES string of the molecule is CCCCCCCCC(O)c1c(OC)cnn1CCC. The molecular formula is C16H30N2O2. The standard InChI is InChI=1S/C16H30N2O2/c1-4-6-7-8-9-10-11-14(19)16-15(20-3)13-17-18(16)12-5-2/h13-14,19H,4-12H2,1-3H3. The number of aliphatic hydroxyl groups excluding tert-OH is 1. The molecular weight excluding hydrogens is 252 g/mol. The molecule has 0 saturated heterocycles. The largest absolute Gasteiger partial charge is 0.493 e. The molecule has 116 valence electrons. The van der Waals surface area contributed by atoms with Gasteiger partial charge in [-0.25, -0.2) is 0 Å². The van der Waals surface area contributed by atoms with Crippen LogP contribution < -0.4 is 4.74 Å². The van der Waals surface area contributed by atoms with Gasteiger partial charge in [-0.1, -0.05) is 52.4 Å². The average Bonchev–Trinajstić information content (AvgIpc) is 2.86. The molecule has 0 spiro atoms.